The van der Waals surface area contributed by atoms with Crippen LogP contribution in [0.1, 0.15) is 127 Å². The van der Waals surface area contributed by atoms with Gasteiger partial charge in [0.15, 0.2) is 0 Å². The number of halogens is 6. The third-order valence-corrected chi connectivity index (χ3v) is 16.4. The van der Waals surface area contributed by atoms with Crippen LogP contribution in [0.3, 0.4) is 0 Å². The normalized spacial score (nSPS) is 14.7. The number of phenolic OH excluding ortho intramolecular Hbond substituents is 2. The molecule has 8 aromatic rings. The fourth-order valence-electron chi connectivity index (χ4n) is 11.6. The van der Waals surface area contributed by atoms with Crippen LogP contribution in [0.25, 0.3) is 22.3 Å². The molecule has 88 heavy (non-hydrogen) atoms. The lowest BCUT2D eigenvalue weighted by Crippen LogP contribution is -2.54. The zero-order valence-corrected chi connectivity index (χ0v) is 47.8. The minimum absolute atomic E-state index is 0.111. The van der Waals surface area contributed by atoms with Crippen molar-refractivity contribution < 1.29 is 79.6 Å². The summed E-state index contributed by atoms with van der Waals surface area (Å²) < 4.78 is 95.0. The summed E-state index contributed by atoms with van der Waals surface area (Å²) >= 11 is 0. The monoisotopic (exact) mass is 1200 g/mol. The number of ether oxygens (including phenoxy) is 1. The highest BCUT2D eigenvalue weighted by Crippen LogP contribution is 2.58. The molecule has 0 saturated heterocycles. The fourth-order valence-corrected chi connectivity index (χ4v) is 11.6. The van der Waals surface area contributed by atoms with Crippen molar-refractivity contribution in [3.05, 3.63) is 222 Å². The van der Waals surface area contributed by atoms with Crippen LogP contribution < -0.4 is 14.5 Å². The summed E-state index contributed by atoms with van der Waals surface area (Å²) in [5, 5.41) is 20.6. The molecule has 0 spiro atoms. The highest BCUT2D eigenvalue weighted by molar-refractivity contribution is 6.36. The van der Waals surface area contributed by atoms with Crippen LogP contribution in [0.2, 0.25) is 0 Å². The molecule has 0 aliphatic carbocycles. The first-order valence-electron chi connectivity index (χ1n) is 27.0. The van der Waals surface area contributed by atoms with Gasteiger partial charge in [0.2, 0.25) is 5.41 Å². The predicted octanol–water partition coefficient (Wildman–Crippen LogP) is 13.2. The second-order valence-corrected chi connectivity index (χ2v) is 21.9. The van der Waals surface area contributed by atoms with Crippen LogP contribution in [-0.2, 0) is 5.41 Å². The Morgan fingerprint density at radius 3 is 1.03 bits per heavy atom. The Kier molecular flexibility index (Phi) is 13.9. The lowest BCUT2D eigenvalue weighted by molar-refractivity contribution is -0.288. The molecule has 15 nitrogen and oxygen atoms in total. The smallest absolute Gasteiger partial charge is 0.411 e. The maximum absolute atomic E-state index is 14.9. The number of phenols is 2. The Morgan fingerprint density at radius 1 is 0.341 bits per heavy atom. The number of carbonyl (C=O) groups is 8. The molecule has 0 bridgehead atoms. The largest absolute Gasteiger partial charge is 0.508 e. The molecule has 0 fully saturated rings. The summed E-state index contributed by atoms with van der Waals surface area (Å²) in [6.45, 7) is 10.1. The standard InChI is InChI=1S/C35H24F6N2O6.C32H24N2O5/c1-15-10-22-24(30(47)42(4)29(22)46)13-20(15)21-14-25-23(11-16(21)2)31(48)43(32(25)49)26-12-19(6-8-28(26)45)33(34(36,37)38,35(39,40)41)18-5-7-27(44)17(3)9-18;1-17-5-9-21(10-6-17)39-22-11-7-20(8-12-22)34-31(37)26-14-19(3)24(16-28(26)32(34)38)23-15-27-25(13-18(23)2)29(35)33(4)30(27)36/h5-14,44-45H,1-4H3;5-16H,1-4H3. The Labute approximate surface area is 497 Å². The van der Waals surface area contributed by atoms with E-state index in [1.54, 1.807) is 62.4 Å². The van der Waals surface area contributed by atoms with E-state index in [4.69, 9.17) is 4.74 Å². The molecule has 12 rings (SSSR count). The third kappa shape index (κ3) is 9.14. The molecule has 4 aliphatic rings. The number of rotatable bonds is 8. The van der Waals surface area contributed by atoms with E-state index in [-0.39, 0.29) is 39.6 Å². The fraction of sp³-hybridized carbons (Fsp3) is 0.164. The average Bonchev–Trinajstić information content (AvgIpc) is 0.923. The first-order chi connectivity index (χ1) is 41.4. The SMILES string of the molecule is Cc1cc(C(c2ccc(O)c(N3C(=O)c4cc(C)c(-c5cc6c(cc5C)C(=O)N(C)C6=O)cc4C3=O)c2)(C(F)(F)F)C(F)(F)F)ccc1O.Cc1ccc(Oc2ccc(N3C(=O)c4cc(C)c(-c5cc6c(cc5C)C(=O)N(C)C6=O)cc4C3=O)cc2)cc1. The van der Waals surface area contributed by atoms with E-state index in [2.05, 4.69) is 0 Å². The van der Waals surface area contributed by atoms with E-state index >= 15 is 0 Å². The van der Waals surface area contributed by atoms with E-state index in [0.29, 0.717) is 103 Å². The second kappa shape index (κ2) is 20.8. The van der Waals surface area contributed by atoms with Gasteiger partial charge in [-0.05, 0) is 206 Å². The lowest BCUT2D eigenvalue weighted by Gasteiger charge is -2.39. The van der Waals surface area contributed by atoms with E-state index in [9.17, 15) is 74.9 Å². The van der Waals surface area contributed by atoms with Crippen LogP contribution >= 0.6 is 0 Å². The van der Waals surface area contributed by atoms with Gasteiger partial charge in [0.25, 0.3) is 47.3 Å². The van der Waals surface area contributed by atoms with Gasteiger partial charge >= 0.3 is 12.4 Å². The zero-order valence-electron chi connectivity index (χ0n) is 47.8. The number of alkyl halides is 6. The molecule has 21 heteroatoms. The lowest BCUT2D eigenvalue weighted by atomic mass is 9.72. The van der Waals surface area contributed by atoms with E-state index in [1.165, 1.54) is 38.4 Å². The van der Waals surface area contributed by atoms with Crippen molar-refractivity contribution in [2.75, 3.05) is 23.9 Å². The Balaban J connectivity index is 0.000000186. The van der Waals surface area contributed by atoms with Crippen molar-refractivity contribution in [3.63, 3.8) is 0 Å². The van der Waals surface area contributed by atoms with Crippen LogP contribution in [0.15, 0.2) is 133 Å². The van der Waals surface area contributed by atoms with Crippen LogP contribution in [0.5, 0.6) is 23.0 Å². The molecule has 4 heterocycles. The quantitative estimate of drug-likeness (QED) is 0.108. The maximum atomic E-state index is 14.9. The number of fused-ring (bicyclic) bond motifs is 4. The highest BCUT2D eigenvalue weighted by Gasteiger charge is 2.73. The van der Waals surface area contributed by atoms with Gasteiger partial charge in [0.05, 0.1) is 55.9 Å². The van der Waals surface area contributed by atoms with Gasteiger partial charge in [0, 0.05) is 14.1 Å². The van der Waals surface area contributed by atoms with Crippen molar-refractivity contribution in [2.45, 2.75) is 59.3 Å². The summed E-state index contributed by atoms with van der Waals surface area (Å²) in [4.78, 5) is 108. The number of carbonyl (C=O) groups excluding carboxylic acids is 8. The molecular formula is C67H48F6N4O11. The average molecular weight is 1200 g/mol. The maximum Gasteiger partial charge on any atom is 0.411 e. The second-order valence-electron chi connectivity index (χ2n) is 21.9. The minimum atomic E-state index is -6.04. The minimum Gasteiger partial charge on any atom is -0.508 e. The number of hydrogen-bond acceptors (Lipinski definition) is 11. The topological polar surface area (TPSA) is 199 Å². The van der Waals surface area contributed by atoms with Crippen molar-refractivity contribution >= 4 is 58.6 Å². The number of amides is 8. The van der Waals surface area contributed by atoms with E-state index < -0.39 is 81.5 Å². The first kappa shape index (κ1) is 59.0. The van der Waals surface area contributed by atoms with Gasteiger partial charge in [-0.3, -0.25) is 48.2 Å². The van der Waals surface area contributed by atoms with Crippen molar-refractivity contribution in [3.8, 4) is 45.3 Å². The number of nitrogens with zero attached hydrogens (tertiary/aromatic N) is 4. The molecule has 0 saturated carbocycles. The number of anilines is 2. The van der Waals surface area contributed by atoms with Crippen LogP contribution in [-0.4, -0.2) is 93.7 Å². The molecule has 444 valence electrons. The first-order valence-corrected chi connectivity index (χ1v) is 27.0. The van der Waals surface area contributed by atoms with Crippen molar-refractivity contribution in [2.24, 2.45) is 0 Å². The highest BCUT2D eigenvalue weighted by atomic mass is 19.4. The number of aromatic hydroxyl groups is 2. The number of benzene rings is 8. The van der Waals surface area contributed by atoms with Crippen molar-refractivity contribution in [1.29, 1.82) is 0 Å². The zero-order chi connectivity index (χ0) is 63.7. The summed E-state index contributed by atoms with van der Waals surface area (Å²) in [5.41, 5.74) is -1.14. The number of aryl methyl sites for hydroxylation is 6. The third-order valence-electron chi connectivity index (χ3n) is 16.4. The van der Waals surface area contributed by atoms with Crippen LogP contribution in [0, 0.1) is 41.5 Å². The summed E-state index contributed by atoms with van der Waals surface area (Å²) in [5.74, 6) is -5.02. The molecule has 0 aromatic heterocycles. The van der Waals surface area contributed by atoms with Gasteiger partial charge in [-0.1, -0.05) is 35.9 Å². The molecule has 8 aromatic carbocycles. The molecule has 0 atom stereocenters. The molecule has 2 N–H and O–H groups in total. The summed E-state index contributed by atoms with van der Waals surface area (Å²) in [6, 6.07) is 29.9. The van der Waals surface area contributed by atoms with E-state index in [1.807, 2.05) is 45.0 Å². The molecule has 0 radical (unpaired) electrons. The Bertz CT molecular complexity index is 4460. The number of imide groups is 4. The van der Waals surface area contributed by atoms with Gasteiger partial charge in [-0.15, -0.1) is 0 Å². The Hall–Kier alpha value is -10.7. The predicted molar refractivity (Wildman–Crippen MR) is 309 cm³/mol. The van der Waals surface area contributed by atoms with Crippen LogP contribution in [0.4, 0.5) is 37.7 Å². The summed E-state index contributed by atoms with van der Waals surface area (Å²) in [6.07, 6.45) is -12.1. The van der Waals surface area contributed by atoms with Gasteiger partial charge in [-0.25, -0.2) is 9.80 Å². The van der Waals surface area contributed by atoms with Gasteiger partial charge in [0.1, 0.15) is 23.0 Å². The molecule has 0 unspecified atom stereocenters. The molecule has 8 amide bonds. The van der Waals surface area contributed by atoms with E-state index in [0.717, 1.165) is 49.4 Å². The number of hydrogen-bond donors (Lipinski definition) is 2. The van der Waals surface area contributed by atoms with Crippen molar-refractivity contribution in [1.82, 2.24) is 9.80 Å². The molecule has 4 aliphatic heterocycles. The summed E-state index contributed by atoms with van der Waals surface area (Å²) in [7, 11) is 2.78. The molecular weight excluding hydrogens is 1150 g/mol. The van der Waals surface area contributed by atoms with Gasteiger partial charge < -0.3 is 14.9 Å². The van der Waals surface area contributed by atoms with Gasteiger partial charge in [-0.2, -0.15) is 26.3 Å². The Morgan fingerprint density at radius 2 is 0.659 bits per heavy atom.